The first-order chi connectivity index (χ1) is 14.6. The summed E-state index contributed by atoms with van der Waals surface area (Å²) in [6.07, 6.45) is 8.42. The number of para-hydroxylation sites is 2. The highest BCUT2D eigenvalue weighted by Gasteiger charge is 2.31. The average Bonchev–Trinajstić information content (AvgIpc) is 3.13. The van der Waals surface area contributed by atoms with Gasteiger partial charge < -0.3 is 14.8 Å². The second kappa shape index (κ2) is 9.02. The minimum absolute atomic E-state index is 0.00201. The number of carbonyl (C=O) groups excluding carboxylic acids is 2. The summed E-state index contributed by atoms with van der Waals surface area (Å²) in [7, 11) is 2.02. The second-order valence-corrected chi connectivity index (χ2v) is 7.57. The van der Waals surface area contributed by atoms with E-state index in [1.807, 2.05) is 30.1 Å². The molecule has 1 aliphatic heterocycles. The smallest absolute Gasteiger partial charge is 0.271 e. The number of piperidine rings is 1. The first-order valence-electron chi connectivity index (χ1n) is 10.4. The van der Waals surface area contributed by atoms with Crippen LogP contribution in [0.2, 0.25) is 0 Å². The number of likely N-dealkylation sites (tertiary alicyclic amines) is 1. The summed E-state index contributed by atoms with van der Waals surface area (Å²) < 4.78 is 2.10. The van der Waals surface area contributed by atoms with E-state index in [1.54, 1.807) is 0 Å². The van der Waals surface area contributed by atoms with E-state index in [9.17, 15) is 9.59 Å². The monoisotopic (exact) mass is 406 g/mol. The van der Waals surface area contributed by atoms with Crippen molar-refractivity contribution in [3.8, 4) is 0 Å². The number of nitrogens with one attached hydrogen (secondary N) is 1. The van der Waals surface area contributed by atoms with Crippen LogP contribution in [0.25, 0.3) is 11.0 Å². The van der Waals surface area contributed by atoms with Crippen LogP contribution in [0, 0.1) is 0 Å². The summed E-state index contributed by atoms with van der Waals surface area (Å²) in [5, 5.41) is 2.80. The fourth-order valence-corrected chi connectivity index (χ4v) is 4.05. The largest absolute Gasteiger partial charge is 0.351 e. The summed E-state index contributed by atoms with van der Waals surface area (Å²) in [5.41, 5.74) is 2.32. The Balaban J connectivity index is 1.37. The fourth-order valence-electron chi connectivity index (χ4n) is 4.05. The Kier molecular flexibility index (Phi) is 6.02. The lowest BCUT2D eigenvalue weighted by molar-refractivity contribution is -0.135. The zero-order valence-corrected chi connectivity index (χ0v) is 17.1. The maximum absolute atomic E-state index is 13.0. The number of aromatic nitrogens is 4. The molecule has 0 spiro atoms. The van der Waals surface area contributed by atoms with Gasteiger partial charge in [-0.05, 0) is 37.8 Å². The van der Waals surface area contributed by atoms with Crippen molar-refractivity contribution in [2.75, 3.05) is 13.1 Å². The molecule has 1 aromatic carbocycles. The minimum Gasteiger partial charge on any atom is -0.351 e. The molecule has 4 rings (SSSR count). The number of fused-ring (bicyclic) bond motifs is 1. The Morgan fingerprint density at radius 3 is 2.87 bits per heavy atom. The number of amides is 2. The summed E-state index contributed by atoms with van der Waals surface area (Å²) >= 11 is 0. The molecule has 30 heavy (non-hydrogen) atoms. The van der Waals surface area contributed by atoms with Crippen molar-refractivity contribution in [1.29, 1.82) is 0 Å². The molecule has 0 saturated carbocycles. The van der Waals surface area contributed by atoms with Crippen molar-refractivity contribution in [2.45, 2.75) is 38.1 Å². The Morgan fingerprint density at radius 1 is 1.20 bits per heavy atom. The van der Waals surface area contributed by atoms with E-state index >= 15 is 0 Å². The van der Waals surface area contributed by atoms with Crippen LogP contribution in [-0.2, 0) is 11.8 Å². The molecule has 8 nitrogen and oxygen atoms in total. The number of hydrogen-bond donors (Lipinski definition) is 1. The van der Waals surface area contributed by atoms with Gasteiger partial charge in [0.1, 0.15) is 11.5 Å². The van der Waals surface area contributed by atoms with Gasteiger partial charge in [0.15, 0.2) is 0 Å². The summed E-state index contributed by atoms with van der Waals surface area (Å²) in [4.78, 5) is 39.7. The summed E-state index contributed by atoms with van der Waals surface area (Å²) in [5.74, 6) is 0.784. The van der Waals surface area contributed by atoms with E-state index in [-0.39, 0.29) is 23.6 Å². The SMILES string of the molecule is Cn1c([C@@H]2CCCCN2C(=O)CCCNC(=O)c2cnccn2)nc2ccccc21. The van der Waals surface area contributed by atoms with Gasteiger partial charge in [0.05, 0.1) is 23.3 Å². The van der Waals surface area contributed by atoms with Gasteiger partial charge >= 0.3 is 0 Å². The number of benzene rings is 1. The normalized spacial score (nSPS) is 16.6. The number of rotatable bonds is 6. The fraction of sp³-hybridized carbons (Fsp3) is 0.409. The topological polar surface area (TPSA) is 93.0 Å². The van der Waals surface area contributed by atoms with Crippen LogP contribution >= 0.6 is 0 Å². The molecule has 1 saturated heterocycles. The molecule has 1 aliphatic rings. The lowest BCUT2D eigenvalue weighted by Gasteiger charge is -2.35. The molecule has 3 heterocycles. The minimum atomic E-state index is -0.272. The van der Waals surface area contributed by atoms with Crippen molar-refractivity contribution < 1.29 is 9.59 Å². The van der Waals surface area contributed by atoms with Crippen LogP contribution in [0.5, 0.6) is 0 Å². The lowest BCUT2D eigenvalue weighted by atomic mass is 10.0. The number of imidazole rings is 1. The molecular formula is C22H26N6O2. The molecule has 0 unspecified atom stereocenters. The quantitative estimate of drug-likeness (QED) is 0.635. The molecule has 1 fully saturated rings. The van der Waals surface area contributed by atoms with Crippen LogP contribution in [-0.4, -0.2) is 49.3 Å². The Labute approximate surface area is 175 Å². The third kappa shape index (κ3) is 4.17. The zero-order chi connectivity index (χ0) is 20.9. The van der Waals surface area contributed by atoms with E-state index in [1.165, 1.54) is 18.6 Å². The molecule has 2 aromatic heterocycles. The van der Waals surface area contributed by atoms with Gasteiger partial charge in [-0.3, -0.25) is 14.6 Å². The van der Waals surface area contributed by atoms with E-state index in [2.05, 4.69) is 25.9 Å². The van der Waals surface area contributed by atoms with E-state index in [0.717, 1.165) is 42.7 Å². The first kappa shape index (κ1) is 20.0. The van der Waals surface area contributed by atoms with Crippen LogP contribution in [0.3, 0.4) is 0 Å². The molecule has 3 aromatic rings. The maximum atomic E-state index is 13.0. The number of nitrogens with zero attached hydrogens (tertiary/aromatic N) is 5. The van der Waals surface area contributed by atoms with Crippen molar-refractivity contribution in [3.63, 3.8) is 0 Å². The molecule has 0 radical (unpaired) electrons. The van der Waals surface area contributed by atoms with Gasteiger partial charge in [0, 0.05) is 39.0 Å². The van der Waals surface area contributed by atoms with Crippen LogP contribution < -0.4 is 5.32 Å². The van der Waals surface area contributed by atoms with Crippen LogP contribution in [0.1, 0.15) is 54.5 Å². The Hall–Kier alpha value is -3.29. The molecule has 0 aliphatic carbocycles. The predicted molar refractivity (Wildman–Crippen MR) is 113 cm³/mol. The molecule has 156 valence electrons. The third-order valence-electron chi connectivity index (χ3n) is 5.59. The molecule has 0 bridgehead atoms. The number of hydrogen-bond acceptors (Lipinski definition) is 5. The van der Waals surface area contributed by atoms with Crippen LogP contribution in [0.4, 0.5) is 0 Å². The predicted octanol–water partition coefficient (Wildman–Crippen LogP) is 2.63. The van der Waals surface area contributed by atoms with Gasteiger partial charge in [-0.2, -0.15) is 0 Å². The highest BCUT2D eigenvalue weighted by Crippen LogP contribution is 2.32. The van der Waals surface area contributed by atoms with Gasteiger partial charge in [-0.15, -0.1) is 0 Å². The highest BCUT2D eigenvalue weighted by atomic mass is 16.2. The third-order valence-corrected chi connectivity index (χ3v) is 5.59. The van der Waals surface area contributed by atoms with E-state index < -0.39 is 0 Å². The van der Waals surface area contributed by atoms with Gasteiger partial charge in [-0.1, -0.05) is 12.1 Å². The molecular weight excluding hydrogens is 380 g/mol. The number of carbonyl (C=O) groups is 2. The van der Waals surface area contributed by atoms with Crippen molar-refractivity contribution >= 4 is 22.8 Å². The number of aryl methyl sites for hydroxylation is 1. The van der Waals surface area contributed by atoms with E-state index in [0.29, 0.717) is 19.4 Å². The zero-order valence-electron chi connectivity index (χ0n) is 17.1. The van der Waals surface area contributed by atoms with E-state index in [4.69, 9.17) is 4.98 Å². The standard InChI is InChI=1S/C22H26N6O2/c1-27-18-8-3-2-7-16(18)26-21(27)19-9-4-5-14-28(19)20(29)10-6-11-25-22(30)17-15-23-12-13-24-17/h2-3,7-8,12-13,15,19H,4-6,9-11,14H2,1H3,(H,25,30)/t19-/m0/s1. The molecule has 8 heteroatoms. The second-order valence-electron chi connectivity index (χ2n) is 7.57. The van der Waals surface area contributed by atoms with Gasteiger partial charge in [0.25, 0.3) is 5.91 Å². The lowest BCUT2D eigenvalue weighted by Crippen LogP contribution is -2.39. The molecule has 2 amide bonds. The average molecular weight is 406 g/mol. The van der Waals surface area contributed by atoms with Crippen LogP contribution in [0.15, 0.2) is 42.9 Å². The maximum Gasteiger partial charge on any atom is 0.271 e. The summed E-state index contributed by atoms with van der Waals surface area (Å²) in [6.45, 7) is 1.17. The van der Waals surface area contributed by atoms with Crippen molar-refractivity contribution in [2.24, 2.45) is 7.05 Å². The summed E-state index contributed by atoms with van der Waals surface area (Å²) in [6, 6.07) is 8.05. The van der Waals surface area contributed by atoms with Crippen molar-refractivity contribution in [1.82, 2.24) is 29.7 Å². The van der Waals surface area contributed by atoms with Gasteiger partial charge in [0.2, 0.25) is 5.91 Å². The first-order valence-corrected chi connectivity index (χ1v) is 10.4. The van der Waals surface area contributed by atoms with Crippen molar-refractivity contribution in [3.05, 3.63) is 54.4 Å². The Morgan fingerprint density at radius 2 is 2.07 bits per heavy atom. The molecule has 1 N–H and O–H groups in total. The molecule has 1 atom stereocenters. The Bertz CT molecular complexity index is 1030. The highest BCUT2D eigenvalue weighted by molar-refractivity contribution is 5.91. The van der Waals surface area contributed by atoms with Gasteiger partial charge in [-0.25, -0.2) is 9.97 Å².